The van der Waals surface area contributed by atoms with Crippen LogP contribution in [0, 0.1) is 5.82 Å². The Morgan fingerprint density at radius 3 is 2.33 bits per heavy atom. The predicted octanol–water partition coefficient (Wildman–Crippen LogP) is 3.09. The van der Waals surface area contributed by atoms with Crippen LogP contribution in [0.1, 0.15) is 52.0 Å². The molecule has 2 atom stereocenters. The maximum absolute atomic E-state index is 12.9. The van der Waals surface area contributed by atoms with Crippen molar-refractivity contribution >= 4 is 11.9 Å². The summed E-state index contributed by atoms with van der Waals surface area (Å²) in [5.41, 5.74) is 0.471. The number of carbonyl (C=O) groups is 2. The van der Waals surface area contributed by atoms with Crippen LogP contribution in [0.3, 0.4) is 0 Å². The number of hydrogen-bond donors (Lipinski definition) is 2. The molecule has 2 unspecified atom stereocenters. The average Bonchev–Trinajstić information content (AvgIpc) is 2.45. The van der Waals surface area contributed by atoms with E-state index in [2.05, 4.69) is 5.32 Å². The first kappa shape index (κ1) is 20.1. The smallest absolute Gasteiger partial charge is 0.326 e. The van der Waals surface area contributed by atoms with Gasteiger partial charge in [-0.15, -0.1) is 0 Å². The largest absolute Gasteiger partial charge is 0.480 e. The summed E-state index contributed by atoms with van der Waals surface area (Å²) in [7, 11) is 0. The molecule has 0 spiro atoms. The molecule has 2 N–H and O–H groups in total. The lowest BCUT2D eigenvalue weighted by molar-refractivity contribution is -0.142. The Balaban J connectivity index is 2.52. The van der Waals surface area contributed by atoms with Crippen LogP contribution in [0.15, 0.2) is 24.3 Å². The highest BCUT2D eigenvalue weighted by atomic mass is 19.1. The second kappa shape index (κ2) is 8.78. The Morgan fingerprint density at radius 1 is 1.25 bits per heavy atom. The van der Waals surface area contributed by atoms with Gasteiger partial charge in [-0.3, -0.25) is 4.79 Å². The molecule has 24 heavy (non-hydrogen) atoms. The number of amides is 1. The Hall–Kier alpha value is -1.95. The lowest BCUT2D eigenvalue weighted by Crippen LogP contribution is -2.42. The van der Waals surface area contributed by atoms with Crippen molar-refractivity contribution in [2.45, 2.75) is 58.1 Å². The van der Waals surface area contributed by atoms with Crippen LogP contribution in [0.4, 0.5) is 4.39 Å². The van der Waals surface area contributed by atoms with Gasteiger partial charge in [0.05, 0.1) is 5.60 Å². The molecule has 1 aromatic carbocycles. The zero-order chi connectivity index (χ0) is 18.3. The monoisotopic (exact) mass is 339 g/mol. The number of carboxylic acids is 1. The quantitative estimate of drug-likeness (QED) is 0.763. The molecule has 0 radical (unpaired) electrons. The molecule has 0 bridgehead atoms. The Kier molecular flexibility index (Phi) is 7.35. The fourth-order valence-electron chi connectivity index (χ4n) is 2.18. The fourth-order valence-corrected chi connectivity index (χ4v) is 2.18. The van der Waals surface area contributed by atoms with Crippen molar-refractivity contribution in [3.05, 3.63) is 35.6 Å². The van der Waals surface area contributed by atoms with E-state index in [4.69, 9.17) is 4.74 Å². The van der Waals surface area contributed by atoms with Gasteiger partial charge in [-0.2, -0.15) is 0 Å². The minimum Gasteiger partial charge on any atom is -0.480 e. The van der Waals surface area contributed by atoms with Gasteiger partial charge in [0.15, 0.2) is 0 Å². The topological polar surface area (TPSA) is 75.6 Å². The molecule has 0 fully saturated rings. The molecule has 0 saturated carbocycles. The zero-order valence-corrected chi connectivity index (χ0v) is 14.6. The Morgan fingerprint density at radius 2 is 1.83 bits per heavy atom. The van der Waals surface area contributed by atoms with Crippen molar-refractivity contribution in [1.29, 1.82) is 0 Å². The number of carbonyl (C=O) groups excluding carboxylic acids is 1. The normalized spacial score (nSPS) is 14.0. The van der Waals surface area contributed by atoms with E-state index in [-0.39, 0.29) is 42.7 Å². The maximum Gasteiger partial charge on any atom is 0.326 e. The van der Waals surface area contributed by atoms with Crippen molar-refractivity contribution in [3.63, 3.8) is 0 Å². The summed E-state index contributed by atoms with van der Waals surface area (Å²) in [4.78, 5) is 23.4. The first-order chi connectivity index (χ1) is 11.1. The van der Waals surface area contributed by atoms with E-state index in [1.165, 1.54) is 12.1 Å². The van der Waals surface area contributed by atoms with Crippen molar-refractivity contribution in [3.8, 4) is 0 Å². The number of carboxylic acid groups (broad SMARTS) is 1. The van der Waals surface area contributed by atoms with Crippen LogP contribution in [0.5, 0.6) is 0 Å². The predicted molar refractivity (Wildman–Crippen MR) is 89.3 cm³/mol. The van der Waals surface area contributed by atoms with Crippen LogP contribution >= 0.6 is 0 Å². The number of ether oxygens (including phenoxy) is 1. The van der Waals surface area contributed by atoms with Crippen molar-refractivity contribution in [1.82, 2.24) is 5.32 Å². The second-order valence-electron chi connectivity index (χ2n) is 6.86. The van der Waals surface area contributed by atoms with Gasteiger partial charge in [0, 0.05) is 19.4 Å². The fraction of sp³-hybridized carbons (Fsp3) is 0.556. The summed E-state index contributed by atoms with van der Waals surface area (Å²) in [5.74, 6) is -1.91. The summed E-state index contributed by atoms with van der Waals surface area (Å²) in [5, 5.41) is 11.7. The molecule has 134 valence electrons. The van der Waals surface area contributed by atoms with Gasteiger partial charge in [-0.05, 0) is 44.4 Å². The third-order valence-electron chi connectivity index (χ3n) is 3.51. The first-order valence-electron chi connectivity index (χ1n) is 8.00. The van der Waals surface area contributed by atoms with Gasteiger partial charge >= 0.3 is 5.97 Å². The number of rotatable bonds is 8. The van der Waals surface area contributed by atoms with Crippen LogP contribution in [-0.4, -0.2) is 35.2 Å². The maximum atomic E-state index is 12.9. The molecule has 1 aromatic rings. The molecule has 0 aliphatic rings. The molecule has 0 aromatic heterocycles. The lowest BCUT2D eigenvalue weighted by Gasteiger charge is -2.22. The molecular formula is C18H26FNO4. The standard InChI is InChI=1S/C18H26FNO4/c1-12(13-5-7-14(19)8-6-13)11-16(21)20-15(17(22)23)9-10-24-18(2,3)4/h5-8,12,15H,9-11H2,1-4H3,(H,20,21)(H,22,23). The summed E-state index contributed by atoms with van der Waals surface area (Å²) in [6.45, 7) is 7.72. The van der Waals surface area contributed by atoms with Gasteiger partial charge in [0.1, 0.15) is 11.9 Å². The van der Waals surface area contributed by atoms with E-state index >= 15 is 0 Å². The van der Waals surface area contributed by atoms with Crippen LogP contribution < -0.4 is 5.32 Å². The molecule has 5 nitrogen and oxygen atoms in total. The highest BCUT2D eigenvalue weighted by molar-refractivity contribution is 5.83. The highest BCUT2D eigenvalue weighted by Gasteiger charge is 2.22. The minimum atomic E-state index is -1.09. The molecular weight excluding hydrogens is 313 g/mol. The zero-order valence-electron chi connectivity index (χ0n) is 14.6. The van der Waals surface area contributed by atoms with E-state index in [0.29, 0.717) is 0 Å². The second-order valence-corrected chi connectivity index (χ2v) is 6.86. The minimum absolute atomic E-state index is 0.133. The summed E-state index contributed by atoms with van der Waals surface area (Å²) in [6.07, 6.45) is 0.332. The van der Waals surface area contributed by atoms with E-state index in [0.717, 1.165) is 5.56 Å². The third-order valence-corrected chi connectivity index (χ3v) is 3.51. The molecule has 0 aliphatic heterocycles. The summed E-state index contributed by atoms with van der Waals surface area (Å²) in [6, 6.07) is 4.94. The van der Waals surface area contributed by atoms with E-state index in [9.17, 15) is 19.1 Å². The Labute approximate surface area is 142 Å². The first-order valence-corrected chi connectivity index (χ1v) is 8.00. The third kappa shape index (κ3) is 7.55. The Bertz CT molecular complexity index is 551. The number of halogens is 1. The highest BCUT2D eigenvalue weighted by Crippen LogP contribution is 2.19. The van der Waals surface area contributed by atoms with Crippen molar-refractivity contribution < 1.29 is 23.8 Å². The summed E-state index contributed by atoms with van der Waals surface area (Å²) >= 11 is 0. The van der Waals surface area contributed by atoms with Crippen LogP contribution in [0.25, 0.3) is 0 Å². The molecule has 0 aliphatic carbocycles. The average molecular weight is 339 g/mol. The molecule has 0 heterocycles. The van der Waals surface area contributed by atoms with Crippen molar-refractivity contribution in [2.24, 2.45) is 0 Å². The van der Waals surface area contributed by atoms with Crippen LogP contribution in [0.2, 0.25) is 0 Å². The molecule has 6 heteroatoms. The van der Waals surface area contributed by atoms with E-state index < -0.39 is 12.0 Å². The van der Waals surface area contributed by atoms with Gasteiger partial charge in [-0.1, -0.05) is 19.1 Å². The van der Waals surface area contributed by atoms with E-state index in [1.807, 2.05) is 27.7 Å². The summed E-state index contributed by atoms with van der Waals surface area (Å²) < 4.78 is 18.4. The van der Waals surface area contributed by atoms with Gasteiger partial charge in [0.2, 0.25) is 5.91 Å². The van der Waals surface area contributed by atoms with Gasteiger partial charge in [0.25, 0.3) is 0 Å². The molecule has 1 rings (SSSR count). The SMILES string of the molecule is CC(CC(=O)NC(CCOC(C)(C)C)C(=O)O)c1ccc(F)cc1. The number of hydrogen-bond acceptors (Lipinski definition) is 3. The van der Waals surface area contributed by atoms with Crippen LogP contribution in [-0.2, 0) is 14.3 Å². The van der Waals surface area contributed by atoms with Gasteiger partial charge in [-0.25, -0.2) is 9.18 Å². The number of aliphatic carboxylic acids is 1. The lowest BCUT2D eigenvalue weighted by atomic mass is 9.97. The van der Waals surface area contributed by atoms with E-state index in [1.54, 1.807) is 12.1 Å². The molecule has 0 saturated heterocycles. The number of benzene rings is 1. The number of nitrogens with one attached hydrogen (secondary N) is 1. The van der Waals surface area contributed by atoms with Crippen molar-refractivity contribution in [2.75, 3.05) is 6.61 Å². The van der Waals surface area contributed by atoms with Gasteiger partial charge < -0.3 is 15.2 Å². The molecule has 1 amide bonds.